The summed E-state index contributed by atoms with van der Waals surface area (Å²) in [5.74, 6) is -0.515. The number of thioether (sulfide) groups is 1. The van der Waals surface area contributed by atoms with Crippen molar-refractivity contribution in [2.45, 2.75) is 29.4 Å². The van der Waals surface area contributed by atoms with E-state index < -0.39 is 11.4 Å². The molecule has 0 saturated carbocycles. The lowest BCUT2D eigenvalue weighted by molar-refractivity contribution is -0.0329. The first kappa shape index (κ1) is 18.1. The van der Waals surface area contributed by atoms with Crippen LogP contribution in [-0.2, 0) is 0 Å². The third-order valence-corrected chi connectivity index (χ3v) is 3.61. The van der Waals surface area contributed by atoms with Gasteiger partial charge in [0.25, 0.3) is 5.91 Å². The van der Waals surface area contributed by atoms with Crippen LogP contribution in [0.1, 0.15) is 23.2 Å². The molecular weight excluding hydrogens is 327 g/mol. The van der Waals surface area contributed by atoms with E-state index in [1.54, 1.807) is 0 Å². The van der Waals surface area contributed by atoms with Crippen LogP contribution < -0.4 is 10.6 Å². The number of alkyl halides is 3. The molecule has 1 aromatic rings. The molecule has 1 aliphatic heterocycles. The molecule has 2 rings (SSSR count). The highest BCUT2D eigenvalue weighted by Gasteiger charge is 2.32. The highest BCUT2D eigenvalue weighted by molar-refractivity contribution is 8.00. The molecule has 0 aliphatic carbocycles. The van der Waals surface area contributed by atoms with E-state index in [2.05, 4.69) is 15.6 Å². The highest BCUT2D eigenvalue weighted by atomic mass is 35.5. The summed E-state index contributed by atoms with van der Waals surface area (Å²) in [6, 6.07) is 2.75. The van der Waals surface area contributed by atoms with E-state index in [4.69, 9.17) is 0 Å². The van der Waals surface area contributed by atoms with Gasteiger partial charge in [0.15, 0.2) is 0 Å². The summed E-state index contributed by atoms with van der Waals surface area (Å²) >= 11 is -0.370. The van der Waals surface area contributed by atoms with E-state index in [1.807, 2.05) is 0 Å². The maximum Gasteiger partial charge on any atom is 0.447 e. The standard InChI is InChI=1S/C12H14F3N3OS.ClH/c13-12(14,15)20-11-9(4-2-6-17-11)10(19)18-8-3-1-5-16-7-8;/h2,4,6,8,16H,1,3,5,7H2,(H,18,19);1H/t8-;/m0./s1. The van der Waals surface area contributed by atoms with Crippen molar-refractivity contribution in [3.8, 4) is 0 Å². The predicted octanol–water partition coefficient (Wildman–Crippen LogP) is 2.60. The summed E-state index contributed by atoms with van der Waals surface area (Å²) in [6.45, 7) is 1.53. The zero-order chi connectivity index (χ0) is 14.6. The molecular formula is C12H15ClF3N3OS. The molecule has 1 aliphatic rings. The average molecular weight is 342 g/mol. The van der Waals surface area contributed by atoms with Crippen molar-refractivity contribution in [3.63, 3.8) is 0 Å². The minimum atomic E-state index is -4.46. The molecule has 2 N–H and O–H groups in total. The second-order valence-corrected chi connectivity index (χ2v) is 5.47. The molecule has 0 spiro atoms. The largest absolute Gasteiger partial charge is 0.447 e. The van der Waals surface area contributed by atoms with Crippen LogP contribution in [0.4, 0.5) is 13.2 Å². The molecule has 1 aromatic heterocycles. The highest BCUT2D eigenvalue weighted by Crippen LogP contribution is 2.37. The minimum absolute atomic E-state index is 0. The van der Waals surface area contributed by atoms with Gasteiger partial charge in [-0.1, -0.05) is 0 Å². The fourth-order valence-electron chi connectivity index (χ4n) is 1.99. The Balaban J connectivity index is 0.00000220. The average Bonchev–Trinajstić information content (AvgIpc) is 2.38. The fourth-order valence-corrected chi connectivity index (χ4v) is 2.60. The Hall–Kier alpha value is -0.990. The zero-order valence-electron chi connectivity index (χ0n) is 10.9. The van der Waals surface area contributed by atoms with Crippen LogP contribution in [-0.4, -0.2) is 35.5 Å². The van der Waals surface area contributed by atoms with Crippen LogP contribution in [0.5, 0.6) is 0 Å². The summed E-state index contributed by atoms with van der Waals surface area (Å²) in [6.07, 6.45) is 3.00. The number of amides is 1. The molecule has 0 radical (unpaired) electrons. The van der Waals surface area contributed by atoms with Crippen LogP contribution in [0.25, 0.3) is 0 Å². The Bertz CT molecular complexity index is 481. The fraction of sp³-hybridized carbons (Fsp3) is 0.500. The minimum Gasteiger partial charge on any atom is -0.348 e. The molecule has 21 heavy (non-hydrogen) atoms. The Labute approximate surface area is 130 Å². The van der Waals surface area contributed by atoms with Gasteiger partial charge in [-0.05, 0) is 31.5 Å². The molecule has 118 valence electrons. The van der Waals surface area contributed by atoms with E-state index in [1.165, 1.54) is 18.3 Å². The lowest BCUT2D eigenvalue weighted by Crippen LogP contribution is -2.45. The lowest BCUT2D eigenvalue weighted by atomic mass is 10.1. The maximum absolute atomic E-state index is 12.4. The van der Waals surface area contributed by atoms with Crippen LogP contribution in [0, 0.1) is 0 Å². The summed E-state index contributed by atoms with van der Waals surface area (Å²) in [5.41, 5.74) is -4.50. The van der Waals surface area contributed by atoms with Crippen molar-refractivity contribution in [2.24, 2.45) is 0 Å². The van der Waals surface area contributed by atoms with Gasteiger partial charge in [0.1, 0.15) is 5.03 Å². The molecule has 1 atom stereocenters. The van der Waals surface area contributed by atoms with Gasteiger partial charge in [0.05, 0.1) is 5.56 Å². The Morgan fingerprint density at radius 3 is 2.86 bits per heavy atom. The monoisotopic (exact) mass is 341 g/mol. The summed E-state index contributed by atoms with van der Waals surface area (Å²) in [7, 11) is 0. The quantitative estimate of drug-likeness (QED) is 0.830. The van der Waals surface area contributed by atoms with Gasteiger partial charge in [0.2, 0.25) is 0 Å². The summed E-state index contributed by atoms with van der Waals surface area (Å²) in [5, 5.41) is 5.55. The molecule has 1 saturated heterocycles. The lowest BCUT2D eigenvalue weighted by Gasteiger charge is -2.24. The van der Waals surface area contributed by atoms with Crippen molar-refractivity contribution in [2.75, 3.05) is 13.1 Å². The van der Waals surface area contributed by atoms with Gasteiger partial charge in [-0.2, -0.15) is 13.2 Å². The van der Waals surface area contributed by atoms with Crippen molar-refractivity contribution in [3.05, 3.63) is 23.9 Å². The molecule has 1 amide bonds. The number of pyridine rings is 1. The first-order valence-corrected chi connectivity index (χ1v) is 7.00. The molecule has 9 heteroatoms. The summed E-state index contributed by atoms with van der Waals surface area (Å²) in [4.78, 5) is 15.7. The van der Waals surface area contributed by atoms with Crippen molar-refractivity contribution in [1.82, 2.24) is 15.6 Å². The Kier molecular flexibility index (Phi) is 6.76. The Morgan fingerprint density at radius 2 is 2.24 bits per heavy atom. The number of piperidine rings is 1. The topological polar surface area (TPSA) is 54.0 Å². The Morgan fingerprint density at radius 1 is 1.48 bits per heavy atom. The number of aromatic nitrogens is 1. The number of nitrogens with zero attached hydrogens (tertiary/aromatic N) is 1. The van der Waals surface area contributed by atoms with Crippen molar-refractivity contribution >= 4 is 30.1 Å². The van der Waals surface area contributed by atoms with Crippen molar-refractivity contribution in [1.29, 1.82) is 0 Å². The second kappa shape index (κ2) is 7.86. The van der Waals surface area contributed by atoms with Crippen LogP contribution >= 0.6 is 24.2 Å². The normalized spacial score (nSPS) is 18.7. The maximum atomic E-state index is 12.4. The predicted molar refractivity (Wildman–Crippen MR) is 76.8 cm³/mol. The van der Waals surface area contributed by atoms with Gasteiger partial charge in [-0.25, -0.2) is 4.98 Å². The first-order valence-electron chi connectivity index (χ1n) is 6.18. The zero-order valence-corrected chi connectivity index (χ0v) is 12.6. The second-order valence-electron chi connectivity index (χ2n) is 4.42. The van der Waals surface area contributed by atoms with Crippen LogP contribution in [0.3, 0.4) is 0 Å². The number of hydrogen-bond acceptors (Lipinski definition) is 4. The number of hydrogen-bond donors (Lipinski definition) is 2. The van der Waals surface area contributed by atoms with Gasteiger partial charge in [0, 0.05) is 30.5 Å². The van der Waals surface area contributed by atoms with Gasteiger partial charge in [-0.3, -0.25) is 4.79 Å². The number of rotatable bonds is 3. The van der Waals surface area contributed by atoms with Gasteiger partial charge < -0.3 is 10.6 Å². The SMILES string of the molecule is Cl.O=C(N[C@H]1CCCNC1)c1cccnc1SC(F)(F)F. The van der Waals surface area contributed by atoms with Crippen LogP contribution in [0.15, 0.2) is 23.4 Å². The third kappa shape index (κ3) is 5.72. The number of carbonyl (C=O) groups is 1. The van der Waals surface area contributed by atoms with Crippen molar-refractivity contribution < 1.29 is 18.0 Å². The molecule has 4 nitrogen and oxygen atoms in total. The molecule has 0 unspecified atom stereocenters. The van der Waals surface area contributed by atoms with E-state index in [-0.39, 0.29) is 40.8 Å². The van der Waals surface area contributed by atoms with E-state index >= 15 is 0 Å². The smallest absolute Gasteiger partial charge is 0.348 e. The van der Waals surface area contributed by atoms with Crippen LogP contribution in [0.2, 0.25) is 0 Å². The third-order valence-electron chi connectivity index (χ3n) is 2.86. The number of carbonyl (C=O) groups excluding carboxylic acids is 1. The van der Waals surface area contributed by atoms with E-state index in [0.717, 1.165) is 19.4 Å². The van der Waals surface area contributed by atoms with Gasteiger partial charge >= 0.3 is 5.51 Å². The molecule has 0 bridgehead atoms. The number of halogens is 4. The summed E-state index contributed by atoms with van der Waals surface area (Å²) < 4.78 is 37.3. The first-order chi connectivity index (χ1) is 9.46. The molecule has 0 aromatic carbocycles. The van der Waals surface area contributed by atoms with E-state index in [0.29, 0.717) is 6.54 Å². The molecule has 2 heterocycles. The number of nitrogens with one attached hydrogen (secondary N) is 2. The molecule has 1 fully saturated rings. The van der Waals surface area contributed by atoms with Gasteiger partial charge in [-0.15, -0.1) is 12.4 Å². The van der Waals surface area contributed by atoms with E-state index in [9.17, 15) is 18.0 Å².